The molecule has 6 heteroatoms. The molecule has 1 amide bonds. The van der Waals surface area contributed by atoms with Gasteiger partial charge in [-0.05, 0) is 44.9 Å². The van der Waals surface area contributed by atoms with Crippen molar-refractivity contribution in [3.05, 3.63) is 23.9 Å². The zero-order chi connectivity index (χ0) is 18.7. The second-order valence-electron chi connectivity index (χ2n) is 8.47. The van der Waals surface area contributed by atoms with Gasteiger partial charge in [0.25, 0.3) is 5.91 Å². The molecule has 4 rings (SSSR count). The first-order valence-corrected chi connectivity index (χ1v) is 10.6. The summed E-state index contributed by atoms with van der Waals surface area (Å²) in [5, 5.41) is 3.60. The third kappa shape index (κ3) is 3.97. The van der Waals surface area contributed by atoms with Gasteiger partial charge in [-0.25, -0.2) is 4.98 Å². The lowest BCUT2D eigenvalue weighted by molar-refractivity contribution is 0.0510. The quantitative estimate of drug-likeness (QED) is 0.861. The number of aromatic nitrogens is 1. The summed E-state index contributed by atoms with van der Waals surface area (Å²) in [4.78, 5) is 24.5. The van der Waals surface area contributed by atoms with Crippen molar-refractivity contribution in [1.29, 1.82) is 0 Å². The molecule has 2 aliphatic heterocycles. The van der Waals surface area contributed by atoms with Crippen LogP contribution in [0, 0.1) is 0 Å². The number of carbonyl (C=O) groups excluding carboxylic acids is 1. The van der Waals surface area contributed by atoms with Crippen LogP contribution in [0.15, 0.2) is 18.3 Å². The molecule has 1 aliphatic carbocycles. The van der Waals surface area contributed by atoms with Crippen molar-refractivity contribution in [3.63, 3.8) is 0 Å². The summed E-state index contributed by atoms with van der Waals surface area (Å²) in [7, 11) is 2.21. The molecular weight excluding hydrogens is 338 g/mol. The van der Waals surface area contributed by atoms with Gasteiger partial charge in [-0.15, -0.1) is 0 Å². The number of nitrogens with zero attached hydrogens (tertiary/aromatic N) is 4. The van der Waals surface area contributed by atoms with Gasteiger partial charge in [0.05, 0.1) is 5.56 Å². The molecule has 1 saturated carbocycles. The Kier molecular flexibility index (Phi) is 5.64. The molecule has 0 aromatic carbocycles. The fourth-order valence-corrected chi connectivity index (χ4v) is 4.98. The van der Waals surface area contributed by atoms with E-state index in [0.29, 0.717) is 0 Å². The normalized spacial score (nSPS) is 23.7. The second-order valence-corrected chi connectivity index (χ2v) is 8.47. The van der Waals surface area contributed by atoms with Crippen molar-refractivity contribution < 1.29 is 4.79 Å². The molecule has 1 N–H and O–H groups in total. The van der Waals surface area contributed by atoms with E-state index in [9.17, 15) is 4.79 Å². The average Bonchev–Trinajstić information content (AvgIpc) is 3.39. The van der Waals surface area contributed by atoms with Gasteiger partial charge in [-0.2, -0.15) is 0 Å². The molecule has 1 aromatic heterocycles. The second kappa shape index (κ2) is 8.15. The molecule has 2 saturated heterocycles. The Morgan fingerprint density at radius 2 is 1.78 bits per heavy atom. The van der Waals surface area contributed by atoms with Gasteiger partial charge in [0.2, 0.25) is 0 Å². The minimum Gasteiger partial charge on any atom is -0.368 e. The highest BCUT2D eigenvalue weighted by Crippen LogP contribution is 2.36. The summed E-state index contributed by atoms with van der Waals surface area (Å²) in [6, 6.07) is 3.80. The molecule has 148 valence electrons. The Morgan fingerprint density at radius 3 is 2.48 bits per heavy atom. The maximum absolute atomic E-state index is 12.9. The predicted molar refractivity (Wildman–Crippen MR) is 108 cm³/mol. The van der Waals surface area contributed by atoms with Crippen molar-refractivity contribution in [1.82, 2.24) is 19.7 Å². The van der Waals surface area contributed by atoms with Crippen LogP contribution in [0.3, 0.4) is 0 Å². The maximum atomic E-state index is 12.9. The Labute approximate surface area is 162 Å². The van der Waals surface area contributed by atoms with Crippen molar-refractivity contribution in [3.8, 4) is 0 Å². The van der Waals surface area contributed by atoms with E-state index in [2.05, 4.69) is 27.1 Å². The van der Waals surface area contributed by atoms with Gasteiger partial charge in [-0.3, -0.25) is 9.69 Å². The summed E-state index contributed by atoms with van der Waals surface area (Å²) >= 11 is 0. The molecule has 0 radical (unpaired) electrons. The van der Waals surface area contributed by atoms with Crippen LogP contribution in [0.4, 0.5) is 5.82 Å². The molecular formula is C21H33N5O. The molecule has 0 unspecified atom stereocenters. The standard InChI is InChI=1S/C21H33N5O/c1-24-13-15-26(16-14-24)21(8-2-3-9-21)17-23-19-18(7-6-10-22-19)20(27)25-11-4-5-12-25/h6-7,10H,2-5,8-9,11-17H2,1H3,(H,22,23). The van der Waals surface area contributed by atoms with E-state index < -0.39 is 0 Å². The number of carbonyl (C=O) groups is 1. The summed E-state index contributed by atoms with van der Waals surface area (Å²) < 4.78 is 0. The first kappa shape index (κ1) is 18.7. The zero-order valence-electron chi connectivity index (χ0n) is 16.6. The monoisotopic (exact) mass is 371 g/mol. The van der Waals surface area contributed by atoms with Gasteiger partial charge >= 0.3 is 0 Å². The van der Waals surface area contributed by atoms with E-state index in [-0.39, 0.29) is 11.4 Å². The fraction of sp³-hybridized carbons (Fsp3) is 0.714. The van der Waals surface area contributed by atoms with Crippen LogP contribution in [0.25, 0.3) is 0 Å². The van der Waals surface area contributed by atoms with Crippen LogP contribution in [0.1, 0.15) is 48.9 Å². The third-order valence-electron chi connectivity index (χ3n) is 6.72. The lowest BCUT2D eigenvalue weighted by atomic mass is 9.93. The number of hydrogen-bond acceptors (Lipinski definition) is 5. The minimum absolute atomic E-state index is 0.128. The minimum atomic E-state index is 0.128. The maximum Gasteiger partial charge on any atom is 0.257 e. The molecule has 3 heterocycles. The fourth-order valence-electron chi connectivity index (χ4n) is 4.98. The van der Waals surface area contributed by atoms with Gasteiger partial charge in [0.15, 0.2) is 0 Å². The smallest absolute Gasteiger partial charge is 0.257 e. The number of hydrogen-bond donors (Lipinski definition) is 1. The first-order valence-electron chi connectivity index (χ1n) is 10.6. The van der Waals surface area contributed by atoms with E-state index in [0.717, 1.165) is 70.0 Å². The topological polar surface area (TPSA) is 51.7 Å². The lowest BCUT2D eigenvalue weighted by Crippen LogP contribution is -2.58. The van der Waals surface area contributed by atoms with Crippen LogP contribution >= 0.6 is 0 Å². The van der Waals surface area contributed by atoms with Gasteiger partial charge < -0.3 is 15.1 Å². The highest BCUT2D eigenvalue weighted by Gasteiger charge is 2.40. The molecule has 1 aromatic rings. The molecule has 3 aliphatic rings. The molecule has 6 nitrogen and oxygen atoms in total. The highest BCUT2D eigenvalue weighted by atomic mass is 16.2. The van der Waals surface area contributed by atoms with Crippen LogP contribution in [-0.4, -0.2) is 84.0 Å². The number of anilines is 1. The number of likely N-dealkylation sites (tertiary alicyclic amines) is 1. The largest absolute Gasteiger partial charge is 0.368 e. The van der Waals surface area contributed by atoms with Gasteiger partial charge in [-0.1, -0.05) is 12.8 Å². The van der Waals surface area contributed by atoms with Crippen LogP contribution < -0.4 is 5.32 Å². The predicted octanol–water partition coefficient (Wildman–Crippen LogP) is 2.29. The van der Waals surface area contributed by atoms with Crippen LogP contribution in [0.5, 0.6) is 0 Å². The van der Waals surface area contributed by atoms with Crippen molar-refractivity contribution in [2.24, 2.45) is 0 Å². The summed E-state index contributed by atoms with van der Waals surface area (Å²) in [5.41, 5.74) is 0.943. The Bertz CT molecular complexity index is 644. The molecule has 27 heavy (non-hydrogen) atoms. The summed E-state index contributed by atoms with van der Waals surface area (Å²) in [6.07, 6.45) is 9.10. The van der Waals surface area contributed by atoms with Gasteiger partial charge in [0, 0.05) is 57.5 Å². The Hall–Kier alpha value is -1.66. The number of amides is 1. The molecule has 0 bridgehead atoms. The van der Waals surface area contributed by atoms with E-state index in [1.807, 2.05) is 17.0 Å². The Morgan fingerprint density at radius 1 is 1.07 bits per heavy atom. The van der Waals surface area contributed by atoms with Crippen LogP contribution in [-0.2, 0) is 0 Å². The van der Waals surface area contributed by atoms with E-state index in [1.165, 1.54) is 25.7 Å². The first-order chi connectivity index (χ1) is 13.2. The number of nitrogens with one attached hydrogen (secondary N) is 1. The number of piperazine rings is 1. The van der Waals surface area contributed by atoms with Gasteiger partial charge in [0.1, 0.15) is 5.82 Å². The SMILES string of the molecule is CN1CCN(C2(CNc3ncccc3C(=O)N3CCCC3)CCCC2)CC1. The zero-order valence-corrected chi connectivity index (χ0v) is 16.6. The number of pyridine rings is 1. The number of rotatable bonds is 5. The Balaban J connectivity index is 1.47. The number of likely N-dealkylation sites (N-methyl/N-ethyl adjacent to an activating group) is 1. The van der Waals surface area contributed by atoms with E-state index >= 15 is 0 Å². The highest BCUT2D eigenvalue weighted by molar-refractivity contribution is 5.98. The summed E-state index contributed by atoms with van der Waals surface area (Å²) in [5.74, 6) is 0.887. The van der Waals surface area contributed by atoms with E-state index in [4.69, 9.17) is 0 Å². The average molecular weight is 372 g/mol. The molecule has 3 fully saturated rings. The molecule has 0 atom stereocenters. The van der Waals surface area contributed by atoms with Crippen LogP contribution in [0.2, 0.25) is 0 Å². The van der Waals surface area contributed by atoms with E-state index in [1.54, 1.807) is 6.20 Å². The van der Waals surface area contributed by atoms with Crippen molar-refractivity contribution >= 4 is 11.7 Å². The van der Waals surface area contributed by atoms with Crippen molar-refractivity contribution in [2.75, 3.05) is 58.2 Å². The lowest BCUT2D eigenvalue weighted by Gasteiger charge is -2.45. The summed E-state index contributed by atoms with van der Waals surface area (Å²) in [6.45, 7) is 7.19. The third-order valence-corrected chi connectivity index (χ3v) is 6.72. The van der Waals surface area contributed by atoms with Crippen molar-refractivity contribution in [2.45, 2.75) is 44.1 Å². The molecule has 0 spiro atoms.